The van der Waals surface area contributed by atoms with Crippen LogP contribution in [0, 0.1) is 35.5 Å². The fraction of sp³-hybridized carbons (Fsp3) is 1.00. The van der Waals surface area contributed by atoms with E-state index in [2.05, 4.69) is 20.8 Å². The van der Waals surface area contributed by atoms with Crippen LogP contribution in [0.1, 0.15) is 40.0 Å². The summed E-state index contributed by atoms with van der Waals surface area (Å²) >= 11 is 0. The molecule has 0 aromatic rings. The van der Waals surface area contributed by atoms with Crippen LogP contribution in [0.4, 0.5) is 0 Å². The van der Waals surface area contributed by atoms with Crippen molar-refractivity contribution in [2.24, 2.45) is 35.5 Å². The van der Waals surface area contributed by atoms with Gasteiger partial charge in [-0.1, -0.05) is 6.92 Å². The zero-order chi connectivity index (χ0) is 11.8. The fourth-order valence-corrected chi connectivity index (χ4v) is 5.51. The van der Waals surface area contributed by atoms with Gasteiger partial charge in [0.2, 0.25) is 0 Å². The van der Waals surface area contributed by atoms with Gasteiger partial charge in [0.1, 0.15) is 0 Å². The van der Waals surface area contributed by atoms with Crippen molar-refractivity contribution >= 4 is 0 Å². The number of hydrogen-bond donors (Lipinski definition) is 0. The third kappa shape index (κ3) is 1.40. The standard InChI is InChI=1S/C15H24O2/c1-8-4-9-10(5-8)12-6-11(9)13-7-16-15(2,3)17-14(12)13/h8-14H,4-7H2,1-3H3. The Hall–Kier alpha value is -0.0800. The van der Waals surface area contributed by atoms with E-state index >= 15 is 0 Å². The molecule has 96 valence electrons. The summed E-state index contributed by atoms with van der Waals surface area (Å²) in [5, 5.41) is 0. The first kappa shape index (κ1) is 10.8. The summed E-state index contributed by atoms with van der Waals surface area (Å²) in [4.78, 5) is 0. The lowest BCUT2D eigenvalue weighted by Crippen LogP contribution is -2.50. The summed E-state index contributed by atoms with van der Waals surface area (Å²) in [5.41, 5.74) is 0. The van der Waals surface area contributed by atoms with Crippen molar-refractivity contribution in [1.82, 2.24) is 0 Å². The van der Waals surface area contributed by atoms with Crippen LogP contribution in [0.5, 0.6) is 0 Å². The van der Waals surface area contributed by atoms with E-state index in [0.29, 0.717) is 12.0 Å². The van der Waals surface area contributed by atoms with Gasteiger partial charge in [-0.05, 0) is 62.7 Å². The number of fused-ring (bicyclic) bond motifs is 8. The molecule has 1 aliphatic heterocycles. The summed E-state index contributed by atoms with van der Waals surface area (Å²) in [5.74, 6) is 5.06. The second-order valence-electron chi connectivity index (χ2n) is 7.42. The summed E-state index contributed by atoms with van der Waals surface area (Å²) in [6.07, 6.45) is 4.87. The highest BCUT2D eigenvalue weighted by Gasteiger charge is 2.62. The Balaban J connectivity index is 1.61. The Morgan fingerprint density at radius 1 is 0.882 bits per heavy atom. The van der Waals surface area contributed by atoms with Crippen molar-refractivity contribution in [3.8, 4) is 0 Å². The molecular formula is C15H24O2. The number of hydrogen-bond acceptors (Lipinski definition) is 2. The van der Waals surface area contributed by atoms with E-state index < -0.39 is 0 Å². The molecule has 17 heavy (non-hydrogen) atoms. The van der Waals surface area contributed by atoms with E-state index in [9.17, 15) is 0 Å². The second-order valence-corrected chi connectivity index (χ2v) is 7.42. The van der Waals surface area contributed by atoms with Crippen LogP contribution in [-0.4, -0.2) is 18.5 Å². The van der Waals surface area contributed by atoms with E-state index in [-0.39, 0.29) is 5.79 Å². The second kappa shape index (κ2) is 3.27. The van der Waals surface area contributed by atoms with Gasteiger partial charge in [0.15, 0.2) is 5.79 Å². The lowest BCUT2D eigenvalue weighted by molar-refractivity contribution is -0.306. The third-order valence-corrected chi connectivity index (χ3v) is 5.98. The van der Waals surface area contributed by atoms with Crippen molar-refractivity contribution in [3.63, 3.8) is 0 Å². The SMILES string of the molecule is CC1CC2C3CC(C2C1)C1OC(C)(C)OCC31. The molecule has 4 aliphatic rings. The van der Waals surface area contributed by atoms with Crippen molar-refractivity contribution in [3.05, 3.63) is 0 Å². The van der Waals surface area contributed by atoms with Crippen LogP contribution in [0.3, 0.4) is 0 Å². The first-order valence-electron chi connectivity index (χ1n) is 7.37. The molecule has 0 amide bonds. The van der Waals surface area contributed by atoms with Crippen LogP contribution in [0.2, 0.25) is 0 Å². The van der Waals surface area contributed by atoms with E-state index in [0.717, 1.165) is 36.2 Å². The molecule has 2 heteroatoms. The molecule has 0 N–H and O–H groups in total. The molecule has 1 saturated heterocycles. The van der Waals surface area contributed by atoms with Crippen LogP contribution >= 0.6 is 0 Å². The summed E-state index contributed by atoms with van der Waals surface area (Å²) in [7, 11) is 0. The summed E-state index contributed by atoms with van der Waals surface area (Å²) in [6.45, 7) is 7.52. The minimum Gasteiger partial charge on any atom is -0.350 e. The lowest BCUT2D eigenvalue weighted by atomic mass is 9.74. The fourth-order valence-electron chi connectivity index (χ4n) is 5.51. The van der Waals surface area contributed by atoms with Gasteiger partial charge in [-0.2, -0.15) is 0 Å². The Morgan fingerprint density at radius 3 is 2.29 bits per heavy atom. The first-order valence-corrected chi connectivity index (χ1v) is 7.37. The normalized spacial score (nSPS) is 59.1. The van der Waals surface area contributed by atoms with E-state index in [1.165, 1.54) is 19.3 Å². The Bertz CT molecular complexity index is 338. The zero-order valence-corrected chi connectivity index (χ0v) is 11.2. The molecule has 0 spiro atoms. The lowest BCUT2D eigenvalue weighted by Gasteiger charge is -2.46. The van der Waals surface area contributed by atoms with Crippen molar-refractivity contribution in [2.45, 2.75) is 51.9 Å². The largest absolute Gasteiger partial charge is 0.350 e. The predicted molar refractivity (Wildman–Crippen MR) is 65.4 cm³/mol. The molecular weight excluding hydrogens is 212 g/mol. The molecule has 2 nitrogen and oxygen atoms in total. The molecule has 2 bridgehead atoms. The number of rotatable bonds is 0. The topological polar surface area (TPSA) is 18.5 Å². The van der Waals surface area contributed by atoms with Gasteiger partial charge in [-0.3, -0.25) is 0 Å². The van der Waals surface area contributed by atoms with Crippen molar-refractivity contribution < 1.29 is 9.47 Å². The monoisotopic (exact) mass is 236 g/mol. The Labute approximate surface area is 104 Å². The predicted octanol–water partition coefficient (Wildman–Crippen LogP) is 3.07. The highest BCUT2D eigenvalue weighted by molar-refractivity contribution is 5.09. The van der Waals surface area contributed by atoms with E-state index in [4.69, 9.17) is 9.47 Å². The number of ether oxygens (including phenoxy) is 2. The van der Waals surface area contributed by atoms with Gasteiger partial charge in [0, 0.05) is 5.92 Å². The van der Waals surface area contributed by atoms with Crippen molar-refractivity contribution in [1.29, 1.82) is 0 Å². The first-order chi connectivity index (χ1) is 8.05. The molecule has 3 aliphatic carbocycles. The minimum atomic E-state index is -0.342. The molecule has 3 saturated carbocycles. The Kier molecular flexibility index (Phi) is 2.08. The highest BCUT2D eigenvalue weighted by Crippen LogP contribution is 2.64. The molecule has 1 heterocycles. The van der Waals surface area contributed by atoms with Crippen LogP contribution < -0.4 is 0 Å². The van der Waals surface area contributed by atoms with Crippen LogP contribution in [-0.2, 0) is 9.47 Å². The molecule has 0 radical (unpaired) electrons. The molecule has 7 unspecified atom stereocenters. The minimum absolute atomic E-state index is 0.342. The van der Waals surface area contributed by atoms with E-state index in [1.54, 1.807) is 0 Å². The van der Waals surface area contributed by atoms with Crippen molar-refractivity contribution in [2.75, 3.05) is 6.61 Å². The summed E-state index contributed by atoms with van der Waals surface area (Å²) < 4.78 is 12.1. The van der Waals surface area contributed by atoms with Gasteiger partial charge in [0.05, 0.1) is 12.7 Å². The van der Waals surface area contributed by atoms with E-state index in [1.807, 2.05) is 0 Å². The van der Waals surface area contributed by atoms with Gasteiger partial charge in [-0.15, -0.1) is 0 Å². The maximum absolute atomic E-state index is 6.25. The van der Waals surface area contributed by atoms with Gasteiger partial charge >= 0.3 is 0 Å². The summed E-state index contributed by atoms with van der Waals surface area (Å²) in [6, 6.07) is 0. The molecule has 7 atom stereocenters. The average Bonchev–Trinajstić information content (AvgIpc) is 2.84. The zero-order valence-electron chi connectivity index (χ0n) is 11.2. The van der Waals surface area contributed by atoms with Gasteiger partial charge in [0.25, 0.3) is 0 Å². The van der Waals surface area contributed by atoms with Gasteiger partial charge in [-0.25, -0.2) is 0 Å². The Morgan fingerprint density at radius 2 is 1.53 bits per heavy atom. The van der Waals surface area contributed by atoms with Gasteiger partial charge < -0.3 is 9.47 Å². The third-order valence-electron chi connectivity index (χ3n) is 5.98. The molecule has 0 aromatic heterocycles. The average molecular weight is 236 g/mol. The molecule has 4 rings (SSSR count). The van der Waals surface area contributed by atoms with Crippen LogP contribution in [0.25, 0.3) is 0 Å². The quantitative estimate of drug-likeness (QED) is 0.643. The smallest absolute Gasteiger partial charge is 0.163 e. The van der Waals surface area contributed by atoms with Crippen LogP contribution in [0.15, 0.2) is 0 Å². The molecule has 4 fully saturated rings. The highest BCUT2D eigenvalue weighted by atomic mass is 16.7. The maximum atomic E-state index is 6.25. The molecule has 0 aromatic carbocycles. The maximum Gasteiger partial charge on any atom is 0.163 e.